The van der Waals surface area contributed by atoms with Crippen LogP contribution in [0.1, 0.15) is 22.5 Å². The SMILES string of the molecule is Cc1nn(C)c(C)c1CCNc1ccc(C#N)cc1Br. The van der Waals surface area contributed by atoms with Gasteiger partial charge in [0, 0.05) is 29.4 Å². The third-order valence-electron chi connectivity index (χ3n) is 3.45. The molecule has 0 aliphatic rings. The van der Waals surface area contributed by atoms with Gasteiger partial charge in [0.05, 0.1) is 17.3 Å². The van der Waals surface area contributed by atoms with Gasteiger partial charge in [0.15, 0.2) is 0 Å². The van der Waals surface area contributed by atoms with Gasteiger partial charge < -0.3 is 5.32 Å². The van der Waals surface area contributed by atoms with Crippen LogP contribution in [0.3, 0.4) is 0 Å². The van der Waals surface area contributed by atoms with Gasteiger partial charge in [0.1, 0.15) is 0 Å². The molecule has 0 amide bonds. The number of nitrogens with one attached hydrogen (secondary N) is 1. The summed E-state index contributed by atoms with van der Waals surface area (Å²) in [5.74, 6) is 0. The molecular formula is C15H17BrN4. The van der Waals surface area contributed by atoms with Crippen LogP contribution in [0.15, 0.2) is 22.7 Å². The van der Waals surface area contributed by atoms with Gasteiger partial charge in [-0.1, -0.05) is 0 Å². The topological polar surface area (TPSA) is 53.6 Å². The van der Waals surface area contributed by atoms with Crippen LogP contribution in [0, 0.1) is 25.2 Å². The van der Waals surface area contributed by atoms with Crippen molar-refractivity contribution >= 4 is 21.6 Å². The van der Waals surface area contributed by atoms with Gasteiger partial charge in [0.25, 0.3) is 0 Å². The van der Waals surface area contributed by atoms with E-state index in [1.165, 1.54) is 11.3 Å². The predicted octanol–water partition coefficient (Wildman–Crippen LogP) is 3.33. The van der Waals surface area contributed by atoms with Crippen molar-refractivity contribution in [1.29, 1.82) is 5.26 Å². The van der Waals surface area contributed by atoms with Crippen molar-refractivity contribution in [2.45, 2.75) is 20.3 Å². The average Bonchev–Trinajstić information content (AvgIpc) is 2.66. The van der Waals surface area contributed by atoms with Crippen LogP contribution >= 0.6 is 15.9 Å². The number of aromatic nitrogens is 2. The van der Waals surface area contributed by atoms with Crippen molar-refractivity contribution < 1.29 is 0 Å². The molecule has 4 nitrogen and oxygen atoms in total. The molecule has 20 heavy (non-hydrogen) atoms. The number of nitriles is 1. The van der Waals surface area contributed by atoms with Crippen LogP contribution in [0.4, 0.5) is 5.69 Å². The Morgan fingerprint density at radius 1 is 1.40 bits per heavy atom. The summed E-state index contributed by atoms with van der Waals surface area (Å²) in [6, 6.07) is 7.68. The lowest BCUT2D eigenvalue weighted by Crippen LogP contribution is -2.07. The Morgan fingerprint density at radius 3 is 2.70 bits per heavy atom. The molecule has 0 radical (unpaired) electrons. The molecule has 1 N–H and O–H groups in total. The van der Waals surface area contributed by atoms with E-state index in [0.717, 1.165) is 28.8 Å². The zero-order valence-electron chi connectivity index (χ0n) is 11.9. The molecule has 2 rings (SSSR count). The first-order chi connectivity index (χ1) is 9.52. The standard InChI is InChI=1S/C15H17BrN4/c1-10-13(11(2)20(3)19-10)6-7-18-15-5-4-12(9-17)8-14(15)16/h4-5,8,18H,6-7H2,1-3H3. The summed E-state index contributed by atoms with van der Waals surface area (Å²) in [6.45, 7) is 4.96. The van der Waals surface area contributed by atoms with Crippen LogP contribution in [0.5, 0.6) is 0 Å². The van der Waals surface area contributed by atoms with Crippen molar-refractivity contribution in [3.8, 4) is 6.07 Å². The van der Waals surface area contributed by atoms with Crippen LogP contribution in [0.2, 0.25) is 0 Å². The van der Waals surface area contributed by atoms with Gasteiger partial charge in [-0.05, 0) is 60.0 Å². The minimum absolute atomic E-state index is 0.654. The van der Waals surface area contributed by atoms with E-state index in [0.29, 0.717) is 5.56 Å². The summed E-state index contributed by atoms with van der Waals surface area (Å²) in [6.07, 6.45) is 0.929. The summed E-state index contributed by atoms with van der Waals surface area (Å²) in [7, 11) is 1.97. The molecule has 0 spiro atoms. The van der Waals surface area contributed by atoms with Gasteiger partial charge in [-0.15, -0.1) is 0 Å². The van der Waals surface area contributed by atoms with Crippen molar-refractivity contribution in [2.75, 3.05) is 11.9 Å². The Hall–Kier alpha value is -1.80. The highest BCUT2D eigenvalue weighted by molar-refractivity contribution is 9.10. The molecule has 0 unspecified atom stereocenters. The first-order valence-corrected chi connectivity index (χ1v) is 7.25. The Labute approximate surface area is 127 Å². The normalized spacial score (nSPS) is 10.3. The quantitative estimate of drug-likeness (QED) is 0.934. The second-order valence-electron chi connectivity index (χ2n) is 4.76. The van der Waals surface area contributed by atoms with Gasteiger partial charge in [-0.3, -0.25) is 4.68 Å². The first-order valence-electron chi connectivity index (χ1n) is 6.45. The lowest BCUT2D eigenvalue weighted by molar-refractivity contribution is 0.730. The zero-order chi connectivity index (χ0) is 14.7. The van der Waals surface area contributed by atoms with E-state index >= 15 is 0 Å². The number of anilines is 1. The minimum atomic E-state index is 0.654. The molecule has 0 saturated carbocycles. The molecule has 0 atom stereocenters. The molecule has 1 aromatic heterocycles. The lowest BCUT2D eigenvalue weighted by atomic mass is 10.1. The largest absolute Gasteiger partial charge is 0.384 e. The molecule has 0 aliphatic carbocycles. The maximum Gasteiger partial charge on any atom is 0.0992 e. The van der Waals surface area contributed by atoms with Crippen molar-refractivity contribution in [2.24, 2.45) is 7.05 Å². The van der Waals surface area contributed by atoms with Crippen LogP contribution in [-0.2, 0) is 13.5 Å². The van der Waals surface area contributed by atoms with E-state index in [9.17, 15) is 0 Å². The first kappa shape index (κ1) is 14.6. The Bertz CT molecular complexity index is 667. The third kappa shape index (κ3) is 3.02. The molecule has 2 aromatic rings. The molecular weight excluding hydrogens is 316 g/mol. The predicted molar refractivity (Wildman–Crippen MR) is 83.7 cm³/mol. The number of hydrogen-bond acceptors (Lipinski definition) is 3. The number of nitrogens with zero attached hydrogens (tertiary/aromatic N) is 3. The van der Waals surface area contributed by atoms with Gasteiger partial charge in [-0.2, -0.15) is 10.4 Å². The maximum absolute atomic E-state index is 8.84. The van der Waals surface area contributed by atoms with E-state index in [-0.39, 0.29) is 0 Å². The van der Waals surface area contributed by atoms with Gasteiger partial charge in [0.2, 0.25) is 0 Å². The van der Waals surface area contributed by atoms with Gasteiger partial charge >= 0.3 is 0 Å². The molecule has 5 heteroatoms. The Balaban J connectivity index is 2.01. The molecule has 0 saturated heterocycles. The van der Waals surface area contributed by atoms with Crippen molar-refractivity contribution in [1.82, 2.24) is 9.78 Å². The highest BCUT2D eigenvalue weighted by Gasteiger charge is 2.09. The molecule has 1 aromatic carbocycles. The number of rotatable bonds is 4. The van der Waals surface area contributed by atoms with Crippen molar-refractivity contribution in [3.63, 3.8) is 0 Å². The summed E-state index contributed by atoms with van der Waals surface area (Å²) in [5.41, 5.74) is 5.25. The van der Waals surface area contributed by atoms with E-state index < -0.39 is 0 Å². The second kappa shape index (κ2) is 6.10. The average molecular weight is 333 g/mol. The second-order valence-corrected chi connectivity index (χ2v) is 5.61. The number of halogens is 1. The fraction of sp³-hybridized carbons (Fsp3) is 0.333. The van der Waals surface area contributed by atoms with E-state index in [1.54, 1.807) is 0 Å². The minimum Gasteiger partial charge on any atom is -0.384 e. The summed E-state index contributed by atoms with van der Waals surface area (Å²) >= 11 is 3.48. The molecule has 1 heterocycles. The Morgan fingerprint density at radius 2 is 2.15 bits per heavy atom. The smallest absolute Gasteiger partial charge is 0.0992 e. The number of benzene rings is 1. The maximum atomic E-state index is 8.84. The van der Waals surface area contributed by atoms with Gasteiger partial charge in [-0.25, -0.2) is 0 Å². The molecule has 0 fully saturated rings. The summed E-state index contributed by atoms with van der Waals surface area (Å²) in [4.78, 5) is 0. The Kier molecular flexibility index (Phi) is 4.46. The van der Waals surface area contributed by atoms with E-state index in [1.807, 2.05) is 36.9 Å². The van der Waals surface area contributed by atoms with E-state index in [2.05, 4.69) is 39.3 Å². The van der Waals surface area contributed by atoms with Crippen LogP contribution in [-0.4, -0.2) is 16.3 Å². The number of aryl methyl sites for hydroxylation is 2. The molecule has 0 aliphatic heterocycles. The van der Waals surface area contributed by atoms with Crippen LogP contribution in [0.25, 0.3) is 0 Å². The third-order valence-corrected chi connectivity index (χ3v) is 4.10. The highest BCUT2D eigenvalue weighted by atomic mass is 79.9. The van der Waals surface area contributed by atoms with Crippen LogP contribution < -0.4 is 5.32 Å². The van der Waals surface area contributed by atoms with E-state index in [4.69, 9.17) is 5.26 Å². The lowest BCUT2D eigenvalue weighted by Gasteiger charge is -2.09. The monoisotopic (exact) mass is 332 g/mol. The summed E-state index contributed by atoms with van der Waals surface area (Å²) < 4.78 is 2.83. The fourth-order valence-corrected chi connectivity index (χ4v) is 2.75. The molecule has 104 valence electrons. The number of hydrogen-bond donors (Lipinski definition) is 1. The summed E-state index contributed by atoms with van der Waals surface area (Å²) in [5, 5.41) is 16.6. The fourth-order valence-electron chi connectivity index (χ4n) is 2.23. The van der Waals surface area contributed by atoms with Crippen molar-refractivity contribution in [3.05, 3.63) is 45.2 Å². The zero-order valence-corrected chi connectivity index (χ0v) is 13.5. The highest BCUT2D eigenvalue weighted by Crippen LogP contribution is 2.23. The molecule has 0 bridgehead atoms.